The number of hydrogen-bond donors (Lipinski definition) is 0. The summed E-state index contributed by atoms with van der Waals surface area (Å²) in [5, 5.41) is 0. The highest BCUT2D eigenvalue weighted by Crippen LogP contribution is 2.34. The van der Waals surface area contributed by atoms with E-state index < -0.39 is 10.0 Å². The SMILES string of the molecule is Cc1nccc(N2Cc3c(ncnc3C3CCN(S(C)(=O)=O)CC3)C[C@H]2C)n1. The second-order valence-electron chi connectivity index (χ2n) is 7.76. The molecule has 0 amide bonds. The molecule has 150 valence electrons. The molecule has 0 bridgehead atoms. The minimum absolute atomic E-state index is 0.261. The maximum atomic E-state index is 11.8. The minimum Gasteiger partial charge on any atom is -0.349 e. The topological polar surface area (TPSA) is 92.2 Å². The van der Waals surface area contributed by atoms with Crippen LogP contribution in [0.5, 0.6) is 0 Å². The van der Waals surface area contributed by atoms with E-state index in [1.807, 2.05) is 13.0 Å². The standard InChI is InChI=1S/C19H26N6O2S/c1-13-10-17-16(11-25(13)18-4-7-20-14(2)23-18)19(22-12-21-17)15-5-8-24(9-6-15)28(3,26)27/h4,7,12-13,15H,5-6,8-11H2,1-3H3/t13-/m1/s1. The first kappa shape index (κ1) is 19.2. The molecule has 0 unspecified atom stereocenters. The molecule has 2 aromatic rings. The average molecular weight is 403 g/mol. The van der Waals surface area contributed by atoms with E-state index in [-0.39, 0.29) is 12.0 Å². The Morgan fingerprint density at radius 2 is 1.89 bits per heavy atom. The number of nitrogens with zero attached hydrogens (tertiary/aromatic N) is 6. The highest BCUT2D eigenvalue weighted by atomic mass is 32.2. The molecule has 0 radical (unpaired) electrons. The minimum atomic E-state index is -3.13. The van der Waals surface area contributed by atoms with Crippen LogP contribution in [0.4, 0.5) is 5.82 Å². The van der Waals surface area contributed by atoms with Crippen LogP contribution in [0.3, 0.4) is 0 Å². The van der Waals surface area contributed by atoms with Gasteiger partial charge >= 0.3 is 0 Å². The fourth-order valence-corrected chi connectivity index (χ4v) is 5.13. The average Bonchev–Trinajstić information content (AvgIpc) is 2.66. The van der Waals surface area contributed by atoms with Gasteiger partial charge in [0.15, 0.2) is 0 Å². The molecule has 28 heavy (non-hydrogen) atoms. The number of fused-ring (bicyclic) bond motifs is 1. The molecule has 9 heteroatoms. The van der Waals surface area contributed by atoms with Gasteiger partial charge in [-0.25, -0.2) is 32.7 Å². The number of anilines is 1. The Kier molecular flexibility index (Phi) is 5.05. The maximum absolute atomic E-state index is 11.8. The first-order valence-electron chi connectivity index (χ1n) is 9.67. The van der Waals surface area contributed by atoms with Crippen molar-refractivity contribution >= 4 is 15.8 Å². The summed E-state index contributed by atoms with van der Waals surface area (Å²) in [6.07, 6.45) is 7.16. The summed E-state index contributed by atoms with van der Waals surface area (Å²) < 4.78 is 25.2. The summed E-state index contributed by atoms with van der Waals surface area (Å²) in [6, 6.07) is 2.24. The molecular weight excluding hydrogens is 376 g/mol. The predicted molar refractivity (Wildman–Crippen MR) is 107 cm³/mol. The lowest BCUT2D eigenvalue weighted by atomic mass is 9.88. The van der Waals surface area contributed by atoms with E-state index in [4.69, 9.17) is 0 Å². The molecule has 1 atom stereocenters. The Bertz CT molecular complexity index is 972. The van der Waals surface area contributed by atoms with Crippen LogP contribution < -0.4 is 4.90 Å². The molecule has 0 spiro atoms. The van der Waals surface area contributed by atoms with Gasteiger partial charge in [-0.2, -0.15) is 0 Å². The quantitative estimate of drug-likeness (QED) is 0.771. The molecule has 0 aromatic carbocycles. The van der Waals surface area contributed by atoms with Crippen molar-refractivity contribution in [3.05, 3.63) is 41.4 Å². The second kappa shape index (κ2) is 7.36. The number of aromatic nitrogens is 4. The molecule has 4 heterocycles. The van der Waals surface area contributed by atoms with Crippen molar-refractivity contribution in [2.75, 3.05) is 24.2 Å². The third-order valence-electron chi connectivity index (χ3n) is 5.78. The fourth-order valence-electron chi connectivity index (χ4n) is 4.25. The molecule has 2 aliphatic rings. The molecule has 0 N–H and O–H groups in total. The third kappa shape index (κ3) is 3.73. The smallest absolute Gasteiger partial charge is 0.211 e. The Morgan fingerprint density at radius 3 is 2.57 bits per heavy atom. The van der Waals surface area contributed by atoms with Gasteiger partial charge in [0.25, 0.3) is 0 Å². The van der Waals surface area contributed by atoms with E-state index in [0.29, 0.717) is 13.1 Å². The largest absolute Gasteiger partial charge is 0.349 e. The Morgan fingerprint density at radius 1 is 1.14 bits per heavy atom. The zero-order valence-electron chi connectivity index (χ0n) is 16.5. The number of sulfonamides is 1. The molecule has 4 rings (SSSR count). The first-order chi connectivity index (χ1) is 13.3. The molecule has 2 aliphatic heterocycles. The number of piperidine rings is 1. The van der Waals surface area contributed by atoms with Crippen LogP contribution in [0.15, 0.2) is 18.6 Å². The zero-order valence-corrected chi connectivity index (χ0v) is 17.4. The molecule has 1 fully saturated rings. The lowest BCUT2D eigenvalue weighted by Gasteiger charge is -2.37. The summed E-state index contributed by atoms with van der Waals surface area (Å²) in [4.78, 5) is 20.3. The van der Waals surface area contributed by atoms with Crippen molar-refractivity contribution in [3.63, 3.8) is 0 Å². The van der Waals surface area contributed by atoms with Gasteiger partial charge in [0, 0.05) is 49.8 Å². The summed E-state index contributed by atoms with van der Waals surface area (Å²) in [7, 11) is -3.13. The van der Waals surface area contributed by atoms with E-state index in [2.05, 4.69) is 31.8 Å². The highest BCUT2D eigenvalue weighted by Gasteiger charge is 2.32. The van der Waals surface area contributed by atoms with Crippen LogP contribution in [0.25, 0.3) is 0 Å². The monoisotopic (exact) mass is 402 g/mol. The van der Waals surface area contributed by atoms with Gasteiger partial charge in [-0.05, 0) is 32.8 Å². The molecule has 0 saturated carbocycles. The van der Waals surface area contributed by atoms with Crippen LogP contribution in [0, 0.1) is 6.92 Å². The van der Waals surface area contributed by atoms with E-state index in [1.54, 1.807) is 16.8 Å². The lowest BCUT2D eigenvalue weighted by molar-refractivity contribution is 0.317. The van der Waals surface area contributed by atoms with Gasteiger partial charge in [-0.15, -0.1) is 0 Å². The van der Waals surface area contributed by atoms with Crippen molar-refractivity contribution < 1.29 is 8.42 Å². The molecule has 0 aliphatic carbocycles. The summed E-state index contributed by atoms with van der Waals surface area (Å²) >= 11 is 0. The summed E-state index contributed by atoms with van der Waals surface area (Å²) in [5.74, 6) is 1.94. The number of hydrogen-bond acceptors (Lipinski definition) is 7. The Balaban J connectivity index is 1.61. The van der Waals surface area contributed by atoms with Crippen LogP contribution in [-0.2, 0) is 23.0 Å². The molecule has 2 aromatic heterocycles. The first-order valence-corrected chi connectivity index (χ1v) is 11.5. The van der Waals surface area contributed by atoms with Gasteiger partial charge in [0.1, 0.15) is 18.0 Å². The van der Waals surface area contributed by atoms with Crippen LogP contribution >= 0.6 is 0 Å². The van der Waals surface area contributed by atoms with E-state index in [1.165, 1.54) is 11.8 Å². The third-order valence-corrected chi connectivity index (χ3v) is 7.09. The molecule has 8 nitrogen and oxygen atoms in total. The van der Waals surface area contributed by atoms with Gasteiger partial charge in [0.05, 0.1) is 17.6 Å². The summed E-state index contributed by atoms with van der Waals surface area (Å²) in [6.45, 7) is 5.90. The number of rotatable bonds is 3. The Hall–Kier alpha value is -2.13. The van der Waals surface area contributed by atoms with Crippen molar-refractivity contribution in [3.8, 4) is 0 Å². The normalized spacial score (nSPS) is 21.5. The van der Waals surface area contributed by atoms with Gasteiger partial charge in [-0.3, -0.25) is 0 Å². The van der Waals surface area contributed by atoms with Crippen LogP contribution in [0.1, 0.15) is 48.5 Å². The van der Waals surface area contributed by atoms with E-state index >= 15 is 0 Å². The second-order valence-corrected chi connectivity index (χ2v) is 9.75. The van der Waals surface area contributed by atoms with E-state index in [9.17, 15) is 8.42 Å². The van der Waals surface area contributed by atoms with Crippen LogP contribution in [0.2, 0.25) is 0 Å². The van der Waals surface area contributed by atoms with E-state index in [0.717, 1.165) is 48.8 Å². The Labute approximate surface area is 166 Å². The predicted octanol–water partition coefficient (Wildman–Crippen LogP) is 1.67. The maximum Gasteiger partial charge on any atom is 0.211 e. The van der Waals surface area contributed by atoms with Gasteiger partial charge in [0.2, 0.25) is 10.0 Å². The van der Waals surface area contributed by atoms with Gasteiger partial charge in [-0.1, -0.05) is 0 Å². The molecular formula is C19H26N6O2S. The van der Waals surface area contributed by atoms with Crippen molar-refractivity contribution in [1.29, 1.82) is 0 Å². The number of aryl methyl sites for hydroxylation is 1. The van der Waals surface area contributed by atoms with Crippen molar-refractivity contribution in [2.24, 2.45) is 0 Å². The summed E-state index contributed by atoms with van der Waals surface area (Å²) in [5.41, 5.74) is 3.35. The fraction of sp³-hybridized carbons (Fsp3) is 0.579. The van der Waals surface area contributed by atoms with Crippen molar-refractivity contribution in [2.45, 2.75) is 51.6 Å². The molecule has 1 saturated heterocycles. The highest BCUT2D eigenvalue weighted by molar-refractivity contribution is 7.88. The van der Waals surface area contributed by atoms with Crippen molar-refractivity contribution in [1.82, 2.24) is 24.2 Å². The van der Waals surface area contributed by atoms with Gasteiger partial charge < -0.3 is 4.90 Å². The van der Waals surface area contributed by atoms with Crippen LogP contribution in [-0.4, -0.2) is 58.0 Å². The lowest BCUT2D eigenvalue weighted by Crippen LogP contribution is -2.41. The zero-order chi connectivity index (χ0) is 19.9.